The second-order valence-electron chi connectivity index (χ2n) is 2.95. The predicted octanol–water partition coefficient (Wildman–Crippen LogP) is 1.86. The lowest BCUT2D eigenvalue weighted by atomic mass is 10.0. The Bertz CT molecular complexity index is 304. The highest BCUT2D eigenvalue weighted by Gasteiger charge is 2.17. The molecule has 2 unspecified atom stereocenters. The molecular formula is C9H11ClFNO. The molecule has 0 aliphatic heterocycles. The van der Waals surface area contributed by atoms with Crippen molar-refractivity contribution >= 4 is 11.6 Å². The van der Waals surface area contributed by atoms with Crippen molar-refractivity contribution in [1.82, 2.24) is 0 Å². The van der Waals surface area contributed by atoms with Crippen molar-refractivity contribution in [2.75, 3.05) is 0 Å². The maximum atomic E-state index is 12.9. The molecule has 2 nitrogen and oxygen atoms in total. The molecule has 0 spiro atoms. The zero-order valence-electron chi connectivity index (χ0n) is 7.17. The van der Waals surface area contributed by atoms with Crippen LogP contribution in [0.1, 0.15) is 18.6 Å². The number of benzene rings is 1. The lowest BCUT2D eigenvalue weighted by Gasteiger charge is -2.16. The summed E-state index contributed by atoms with van der Waals surface area (Å²) in [6.07, 6.45) is -0.928. The first-order valence-corrected chi connectivity index (χ1v) is 4.29. The number of aliphatic hydroxyl groups excluding tert-OH is 1. The SMILES string of the molecule is CC(N)C(O)c1cccc(F)c1Cl. The lowest BCUT2D eigenvalue weighted by molar-refractivity contribution is 0.153. The van der Waals surface area contributed by atoms with Gasteiger partial charge in [0.15, 0.2) is 0 Å². The molecule has 4 heteroatoms. The second-order valence-corrected chi connectivity index (χ2v) is 3.32. The minimum atomic E-state index is -0.928. The maximum absolute atomic E-state index is 12.9. The van der Waals surface area contributed by atoms with Crippen LogP contribution < -0.4 is 5.73 Å². The number of halogens is 2. The largest absolute Gasteiger partial charge is 0.387 e. The van der Waals surface area contributed by atoms with E-state index in [1.54, 1.807) is 13.0 Å². The van der Waals surface area contributed by atoms with Gasteiger partial charge in [0.1, 0.15) is 5.82 Å². The fraction of sp³-hybridized carbons (Fsp3) is 0.333. The van der Waals surface area contributed by atoms with Gasteiger partial charge in [-0.05, 0) is 13.0 Å². The van der Waals surface area contributed by atoms with Gasteiger partial charge in [-0.15, -0.1) is 0 Å². The van der Waals surface area contributed by atoms with Gasteiger partial charge in [0.2, 0.25) is 0 Å². The first kappa shape index (κ1) is 10.4. The summed E-state index contributed by atoms with van der Waals surface area (Å²) in [4.78, 5) is 0. The zero-order chi connectivity index (χ0) is 10.0. The Hall–Kier alpha value is -0.640. The third-order valence-electron chi connectivity index (χ3n) is 1.80. The van der Waals surface area contributed by atoms with Gasteiger partial charge in [-0.25, -0.2) is 4.39 Å². The molecule has 0 fully saturated rings. The molecule has 72 valence electrons. The fourth-order valence-corrected chi connectivity index (χ4v) is 1.27. The summed E-state index contributed by atoms with van der Waals surface area (Å²) >= 11 is 5.64. The molecule has 2 atom stereocenters. The Morgan fingerprint density at radius 2 is 2.15 bits per heavy atom. The van der Waals surface area contributed by atoms with Gasteiger partial charge in [-0.2, -0.15) is 0 Å². The average Bonchev–Trinajstić information content (AvgIpc) is 2.08. The van der Waals surface area contributed by atoms with Crippen LogP contribution in [0.5, 0.6) is 0 Å². The number of aliphatic hydroxyl groups is 1. The van der Waals surface area contributed by atoms with Crippen LogP contribution in [0.25, 0.3) is 0 Å². The molecule has 0 bridgehead atoms. The molecule has 0 heterocycles. The Morgan fingerprint density at radius 3 is 2.69 bits per heavy atom. The van der Waals surface area contributed by atoms with Crippen LogP contribution in [-0.2, 0) is 0 Å². The predicted molar refractivity (Wildman–Crippen MR) is 50.0 cm³/mol. The highest BCUT2D eigenvalue weighted by molar-refractivity contribution is 6.31. The van der Waals surface area contributed by atoms with Gasteiger partial charge in [0.05, 0.1) is 11.1 Å². The Kier molecular flexibility index (Phi) is 3.25. The first-order chi connectivity index (χ1) is 6.04. The van der Waals surface area contributed by atoms with Crippen molar-refractivity contribution in [2.45, 2.75) is 19.1 Å². The highest BCUT2D eigenvalue weighted by Crippen LogP contribution is 2.26. The summed E-state index contributed by atoms with van der Waals surface area (Å²) in [5.74, 6) is -0.543. The van der Waals surface area contributed by atoms with Crippen LogP contribution in [0.3, 0.4) is 0 Å². The molecule has 1 aromatic carbocycles. The second kappa shape index (κ2) is 4.05. The van der Waals surface area contributed by atoms with E-state index in [4.69, 9.17) is 17.3 Å². The Morgan fingerprint density at radius 1 is 1.54 bits per heavy atom. The molecule has 0 saturated carbocycles. The number of rotatable bonds is 2. The van der Waals surface area contributed by atoms with E-state index in [0.29, 0.717) is 5.56 Å². The highest BCUT2D eigenvalue weighted by atomic mass is 35.5. The van der Waals surface area contributed by atoms with Gasteiger partial charge in [0, 0.05) is 11.6 Å². The molecule has 0 aliphatic carbocycles. The van der Waals surface area contributed by atoms with E-state index in [0.717, 1.165) is 0 Å². The standard InChI is InChI=1S/C9H11ClFNO/c1-5(12)9(13)6-3-2-4-7(11)8(6)10/h2-5,9,13H,12H2,1H3. The van der Waals surface area contributed by atoms with E-state index in [9.17, 15) is 9.50 Å². The first-order valence-electron chi connectivity index (χ1n) is 3.91. The van der Waals surface area contributed by atoms with Crippen LogP contribution in [0, 0.1) is 5.82 Å². The zero-order valence-corrected chi connectivity index (χ0v) is 7.92. The van der Waals surface area contributed by atoms with Crippen LogP contribution in [0.2, 0.25) is 5.02 Å². The van der Waals surface area contributed by atoms with E-state index in [1.165, 1.54) is 12.1 Å². The van der Waals surface area contributed by atoms with Crippen molar-refractivity contribution < 1.29 is 9.50 Å². The molecule has 13 heavy (non-hydrogen) atoms. The number of hydrogen-bond donors (Lipinski definition) is 2. The van der Waals surface area contributed by atoms with Crippen LogP contribution in [0.15, 0.2) is 18.2 Å². The van der Waals surface area contributed by atoms with E-state index >= 15 is 0 Å². The number of nitrogens with two attached hydrogens (primary N) is 1. The van der Waals surface area contributed by atoms with Gasteiger partial charge in [-0.3, -0.25) is 0 Å². The molecular weight excluding hydrogens is 193 g/mol. The van der Waals surface area contributed by atoms with E-state index in [2.05, 4.69) is 0 Å². The van der Waals surface area contributed by atoms with Crippen molar-refractivity contribution in [3.8, 4) is 0 Å². The quantitative estimate of drug-likeness (QED) is 0.771. The summed E-state index contributed by atoms with van der Waals surface area (Å²) in [5, 5.41) is 9.46. The summed E-state index contributed by atoms with van der Waals surface area (Å²) in [5.41, 5.74) is 5.79. The summed E-state index contributed by atoms with van der Waals surface area (Å²) in [6.45, 7) is 1.63. The van der Waals surface area contributed by atoms with Crippen molar-refractivity contribution in [1.29, 1.82) is 0 Å². The Labute approximate surface area is 81.1 Å². The average molecular weight is 204 g/mol. The van der Waals surface area contributed by atoms with Crippen molar-refractivity contribution in [3.63, 3.8) is 0 Å². The van der Waals surface area contributed by atoms with Crippen LogP contribution >= 0.6 is 11.6 Å². The third-order valence-corrected chi connectivity index (χ3v) is 2.20. The normalized spacial score (nSPS) is 15.5. The smallest absolute Gasteiger partial charge is 0.142 e. The summed E-state index contributed by atoms with van der Waals surface area (Å²) in [6, 6.07) is 3.81. The third kappa shape index (κ3) is 2.18. The molecule has 1 rings (SSSR count). The fourth-order valence-electron chi connectivity index (χ4n) is 1.03. The molecule has 0 radical (unpaired) electrons. The van der Waals surface area contributed by atoms with Gasteiger partial charge >= 0.3 is 0 Å². The topological polar surface area (TPSA) is 46.2 Å². The molecule has 0 aromatic heterocycles. The van der Waals surface area contributed by atoms with Gasteiger partial charge in [0.25, 0.3) is 0 Å². The monoisotopic (exact) mass is 203 g/mol. The summed E-state index contributed by atoms with van der Waals surface area (Å²) in [7, 11) is 0. The van der Waals surface area contributed by atoms with Crippen LogP contribution in [-0.4, -0.2) is 11.1 Å². The summed E-state index contributed by atoms with van der Waals surface area (Å²) < 4.78 is 12.9. The minimum absolute atomic E-state index is 0.0627. The molecule has 0 saturated heterocycles. The van der Waals surface area contributed by atoms with Crippen LogP contribution in [0.4, 0.5) is 4.39 Å². The van der Waals surface area contributed by atoms with Gasteiger partial charge in [-0.1, -0.05) is 23.7 Å². The molecule has 0 amide bonds. The Balaban J connectivity index is 3.07. The maximum Gasteiger partial charge on any atom is 0.142 e. The lowest BCUT2D eigenvalue weighted by Crippen LogP contribution is -2.24. The van der Waals surface area contributed by atoms with Gasteiger partial charge < -0.3 is 10.8 Å². The van der Waals surface area contributed by atoms with Crippen molar-refractivity contribution in [3.05, 3.63) is 34.6 Å². The van der Waals surface area contributed by atoms with E-state index in [-0.39, 0.29) is 5.02 Å². The van der Waals surface area contributed by atoms with E-state index < -0.39 is 18.0 Å². The molecule has 3 N–H and O–H groups in total. The molecule has 1 aromatic rings. The molecule has 0 aliphatic rings. The van der Waals surface area contributed by atoms with E-state index in [1.807, 2.05) is 0 Å². The van der Waals surface area contributed by atoms with Crippen molar-refractivity contribution in [2.24, 2.45) is 5.73 Å². The minimum Gasteiger partial charge on any atom is -0.387 e. The number of hydrogen-bond acceptors (Lipinski definition) is 2.